The average Bonchev–Trinajstić information content (AvgIpc) is 3.02. The summed E-state index contributed by atoms with van der Waals surface area (Å²) in [6.07, 6.45) is 7.59. The van der Waals surface area contributed by atoms with Gasteiger partial charge in [-0.1, -0.05) is 48.0 Å². The molecule has 2 aliphatic rings. The van der Waals surface area contributed by atoms with Crippen molar-refractivity contribution in [3.63, 3.8) is 0 Å². The number of aromatic nitrogens is 1. The molecular weight excluding hydrogens is 448 g/mol. The lowest BCUT2D eigenvalue weighted by molar-refractivity contribution is -0.118. The number of halogens is 1. The molecular formula is C22H29BrN4O3. The van der Waals surface area contributed by atoms with Crippen LogP contribution in [0.5, 0.6) is 5.88 Å². The zero-order valence-electron chi connectivity index (χ0n) is 17.2. The van der Waals surface area contributed by atoms with Crippen molar-refractivity contribution in [2.24, 2.45) is 16.1 Å². The van der Waals surface area contributed by atoms with Gasteiger partial charge in [0.1, 0.15) is 0 Å². The van der Waals surface area contributed by atoms with Crippen molar-refractivity contribution in [1.82, 2.24) is 9.47 Å². The fraction of sp³-hybridized carbons (Fsp3) is 0.591. The number of carbonyl (C=O) groups excluding carboxylic acids is 1. The van der Waals surface area contributed by atoms with Gasteiger partial charge in [0.25, 0.3) is 5.91 Å². The maximum atomic E-state index is 12.3. The van der Waals surface area contributed by atoms with Gasteiger partial charge in [-0.25, -0.2) is 0 Å². The number of carbonyl (C=O) groups is 1. The fourth-order valence-corrected chi connectivity index (χ4v) is 4.80. The van der Waals surface area contributed by atoms with Gasteiger partial charge < -0.3 is 9.84 Å². The number of benzene rings is 1. The minimum absolute atomic E-state index is 0.0402. The third-order valence-corrected chi connectivity index (χ3v) is 6.66. The van der Waals surface area contributed by atoms with E-state index in [1.54, 1.807) is 0 Å². The fourth-order valence-electron chi connectivity index (χ4n) is 4.44. The normalized spacial score (nSPS) is 19.1. The van der Waals surface area contributed by atoms with E-state index in [1.807, 2.05) is 22.8 Å². The highest BCUT2D eigenvalue weighted by atomic mass is 79.9. The lowest BCUT2D eigenvalue weighted by atomic mass is 9.86. The number of morpholine rings is 1. The SMILES string of the molecule is O=C(CCC1CCCCC1)N=Nc1c(O)n(CN2CCOCC2)c2ccc(Br)cc12. The summed E-state index contributed by atoms with van der Waals surface area (Å²) in [6, 6.07) is 5.79. The zero-order valence-corrected chi connectivity index (χ0v) is 18.8. The maximum Gasteiger partial charge on any atom is 0.264 e. The van der Waals surface area contributed by atoms with Crippen LogP contribution in [0.15, 0.2) is 32.9 Å². The highest BCUT2D eigenvalue weighted by Crippen LogP contribution is 2.40. The molecule has 0 radical (unpaired) electrons. The molecule has 1 aliphatic heterocycles. The summed E-state index contributed by atoms with van der Waals surface area (Å²) in [5.74, 6) is 0.458. The van der Waals surface area contributed by atoms with Gasteiger partial charge in [-0.15, -0.1) is 10.2 Å². The molecule has 1 amide bonds. The van der Waals surface area contributed by atoms with E-state index in [0.29, 0.717) is 37.9 Å². The van der Waals surface area contributed by atoms with Crippen LogP contribution in [-0.4, -0.2) is 46.8 Å². The molecule has 30 heavy (non-hydrogen) atoms. The van der Waals surface area contributed by atoms with E-state index in [1.165, 1.54) is 32.1 Å². The van der Waals surface area contributed by atoms with Gasteiger partial charge in [-0.05, 0) is 30.5 Å². The van der Waals surface area contributed by atoms with E-state index in [9.17, 15) is 9.90 Å². The Morgan fingerprint density at radius 3 is 2.73 bits per heavy atom. The Labute approximate surface area is 185 Å². The molecule has 4 rings (SSSR count). The third kappa shape index (κ3) is 5.10. The average molecular weight is 477 g/mol. The summed E-state index contributed by atoms with van der Waals surface area (Å²) >= 11 is 3.49. The van der Waals surface area contributed by atoms with Gasteiger partial charge in [0, 0.05) is 29.4 Å². The van der Waals surface area contributed by atoms with Crippen LogP contribution in [0.4, 0.5) is 5.69 Å². The summed E-state index contributed by atoms with van der Waals surface area (Å²) in [5, 5.41) is 19.8. The van der Waals surface area contributed by atoms with E-state index in [-0.39, 0.29) is 11.8 Å². The molecule has 0 unspecified atom stereocenters. The molecule has 2 heterocycles. The molecule has 2 aromatic rings. The number of fused-ring (bicyclic) bond motifs is 1. The van der Waals surface area contributed by atoms with Crippen LogP contribution in [0, 0.1) is 5.92 Å². The van der Waals surface area contributed by atoms with Gasteiger partial charge >= 0.3 is 0 Å². The second-order valence-electron chi connectivity index (χ2n) is 8.27. The van der Waals surface area contributed by atoms with Crippen LogP contribution in [0.25, 0.3) is 10.9 Å². The quantitative estimate of drug-likeness (QED) is 0.568. The number of azo groups is 1. The molecule has 1 saturated carbocycles. The van der Waals surface area contributed by atoms with Gasteiger partial charge in [0.2, 0.25) is 5.88 Å². The molecule has 1 aromatic carbocycles. The number of hydrogen-bond donors (Lipinski definition) is 1. The molecule has 1 aromatic heterocycles. The molecule has 0 bridgehead atoms. The summed E-state index contributed by atoms with van der Waals surface area (Å²) < 4.78 is 8.13. The van der Waals surface area contributed by atoms with Crippen LogP contribution in [0.2, 0.25) is 0 Å². The predicted octanol–water partition coefficient (Wildman–Crippen LogP) is 5.37. The third-order valence-electron chi connectivity index (χ3n) is 6.17. The van der Waals surface area contributed by atoms with Gasteiger partial charge in [0.05, 0.1) is 25.4 Å². The van der Waals surface area contributed by atoms with Gasteiger partial charge in [-0.3, -0.25) is 14.3 Å². The second-order valence-corrected chi connectivity index (χ2v) is 9.19. The molecule has 1 saturated heterocycles. The van der Waals surface area contributed by atoms with Crippen LogP contribution in [0.3, 0.4) is 0 Å². The summed E-state index contributed by atoms with van der Waals surface area (Å²) in [5.41, 5.74) is 1.22. The van der Waals surface area contributed by atoms with Crippen molar-refractivity contribution in [1.29, 1.82) is 0 Å². The Morgan fingerprint density at radius 2 is 1.97 bits per heavy atom. The van der Waals surface area contributed by atoms with E-state index in [2.05, 4.69) is 31.1 Å². The Bertz CT molecular complexity index is 915. The molecule has 1 N–H and O–H groups in total. The van der Waals surface area contributed by atoms with Crippen molar-refractivity contribution >= 4 is 38.4 Å². The van der Waals surface area contributed by atoms with Crippen molar-refractivity contribution in [2.75, 3.05) is 26.3 Å². The monoisotopic (exact) mass is 476 g/mol. The van der Waals surface area contributed by atoms with E-state index >= 15 is 0 Å². The highest BCUT2D eigenvalue weighted by Gasteiger charge is 2.21. The summed E-state index contributed by atoms with van der Waals surface area (Å²) in [7, 11) is 0. The zero-order chi connectivity index (χ0) is 20.9. The number of hydrogen-bond acceptors (Lipinski definition) is 5. The lowest BCUT2D eigenvalue weighted by Gasteiger charge is -2.27. The van der Waals surface area contributed by atoms with Crippen LogP contribution >= 0.6 is 15.9 Å². The van der Waals surface area contributed by atoms with E-state index in [0.717, 1.165) is 34.9 Å². The van der Waals surface area contributed by atoms with Gasteiger partial charge in [-0.2, -0.15) is 0 Å². The second kappa shape index (κ2) is 10.0. The minimum atomic E-state index is -0.218. The highest BCUT2D eigenvalue weighted by molar-refractivity contribution is 9.10. The van der Waals surface area contributed by atoms with E-state index in [4.69, 9.17) is 4.74 Å². The van der Waals surface area contributed by atoms with Crippen molar-refractivity contribution in [3.05, 3.63) is 22.7 Å². The molecule has 2 fully saturated rings. The predicted molar refractivity (Wildman–Crippen MR) is 119 cm³/mol. The number of aromatic hydroxyl groups is 1. The lowest BCUT2D eigenvalue weighted by Crippen LogP contribution is -2.37. The van der Waals surface area contributed by atoms with Crippen molar-refractivity contribution in [3.8, 4) is 5.88 Å². The number of nitrogens with zero attached hydrogens (tertiary/aromatic N) is 4. The number of rotatable bonds is 6. The minimum Gasteiger partial charge on any atom is -0.493 e. The first-order chi connectivity index (χ1) is 14.6. The Morgan fingerprint density at radius 1 is 1.20 bits per heavy atom. The molecule has 0 spiro atoms. The molecule has 162 valence electrons. The smallest absolute Gasteiger partial charge is 0.264 e. The Balaban J connectivity index is 1.52. The standard InChI is InChI=1S/C22H29BrN4O3/c23-17-7-8-19-18(14-17)21(22(29)27(19)15-26-10-12-30-13-11-26)25-24-20(28)9-6-16-4-2-1-3-5-16/h7-8,14,16,29H,1-6,9-13,15H2. The summed E-state index contributed by atoms with van der Waals surface area (Å²) in [4.78, 5) is 14.5. The molecule has 8 heteroatoms. The van der Waals surface area contributed by atoms with Crippen molar-refractivity contribution in [2.45, 2.75) is 51.6 Å². The van der Waals surface area contributed by atoms with Gasteiger partial charge in [0.15, 0.2) is 5.69 Å². The molecule has 1 aliphatic carbocycles. The van der Waals surface area contributed by atoms with Crippen LogP contribution in [-0.2, 0) is 16.2 Å². The number of amides is 1. The Kier molecular flexibility index (Phi) is 7.17. The first-order valence-electron chi connectivity index (χ1n) is 10.9. The largest absolute Gasteiger partial charge is 0.493 e. The molecule has 0 atom stereocenters. The molecule has 7 nitrogen and oxygen atoms in total. The van der Waals surface area contributed by atoms with Crippen LogP contribution < -0.4 is 0 Å². The summed E-state index contributed by atoms with van der Waals surface area (Å²) in [6.45, 7) is 3.54. The maximum absolute atomic E-state index is 12.3. The first kappa shape index (κ1) is 21.5. The van der Waals surface area contributed by atoms with E-state index < -0.39 is 0 Å². The Hall–Kier alpha value is -1.77. The number of ether oxygens (including phenoxy) is 1. The van der Waals surface area contributed by atoms with Crippen LogP contribution in [0.1, 0.15) is 44.9 Å². The van der Waals surface area contributed by atoms with Crippen molar-refractivity contribution < 1.29 is 14.6 Å². The topological polar surface area (TPSA) is 79.4 Å². The first-order valence-corrected chi connectivity index (χ1v) is 11.7.